The molecule has 1 amide bonds. The van der Waals surface area contributed by atoms with Crippen LogP contribution in [0.25, 0.3) is 6.08 Å². The van der Waals surface area contributed by atoms with Crippen LogP contribution >= 0.6 is 27.5 Å². The largest absolute Gasteiger partial charge is 0.396 e. The first-order valence-corrected chi connectivity index (χ1v) is 13.0. The zero-order valence-electron chi connectivity index (χ0n) is 19.0. The summed E-state index contributed by atoms with van der Waals surface area (Å²) in [6.45, 7) is 3.12. The number of carbonyl (C=O) groups excluding carboxylic acids is 1. The van der Waals surface area contributed by atoms with Gasteiger partial charge in [0.15, 0.2) is 0 Å². The highest BCUT2D eigenvalue weighted by molar-refractivity contribution is 9.11. The number of allylic oxidation sites excluding steroid dienone is 3. The topological polar surface area (TPSA) is 61.4 Å². The first-order valence-electron chi connectivity index (χ1n) is 11.8. The second kappa shape index (κ2) is 10.6. The van der Waals surface area contributed by atoms with Crippen molar-refractivity contribution in [1.29, 1.82) is 0 Å². The maximum absolute atomic E-state index is 13.4. The Bertz CT molecular complexity index is 1000. The fourth-order valence-corrected chi connectivity index (χ4v) is 5.95. The lowest BCUT2D eigenvalue weighted by Gasteiger charge is -2.31. The van der Waals surface area contributed by atoms with Crippen LogP contribution in [0.15, 0.2) is 63.8 Å². The summed E-state index contributed by atoms with van der Waals surface area (Å²) in [6.07, 6.45) is 14.3. The molecule has 6 heteroatoms. The van der Waals surface area contributed by atoms with Crippen LogP contribution < -0.4 is 10.6 Å². The Labute approximate surface area is 210 Å². The predicted octanol–water partition coefficient (Wildman–Crippen LogP) is 5.88. The molecule has 1 heterocycles. The molecule has 0 bridgehead atoms. The lowest BCUT2D eigenvalue weighted by molar-refractivity contribution is -0.117. The Morgan fingerprint density at radius 3 is 2.58 bits per heavy atom. The van der Waals surface area contributed by atoms with Gasteiger partial charge in [-0.25, -0.2) is 0 Å². The van der Waals surface area contributed by atoms with Crippen LogP contribution in [-0.4, -0.2) is 29.7 Å². The van der Waals surface area contributed by atoms with E-state index in [1.807, 2.05) is 42.5 Å². The molecule has 1 atom stereocenters. The summed E-state index contributed by atoms with van der Waals surface area (Å²) in [5.41, 5.74) is 3.31. The van der Waals surface area contributed by atoms with Crippen molar-refractivity contribution >= 4 is 39.5 Å². The third kappa shape index (κ3) is 5.82. The molecular formula is C27H32BrClN2O2. The van der Waals surface area contributed by atoms with E-state index < -0.39 is 0 Å². The van der Waals surface area contributed by atoms with Gasteiger partial charge in [0.1, 0.15) is 0 Å². The Hall–Kier alpha value is -1.82. The molecule has 176 valence electrons. The van der Waals surface area contributed by atoms with Crippen LogP contribution in [0, 0.1) is 11.8 Å². The number of aliphatic hydroxyl groups is 1. The van der Waals surface area contributed by atoms with Crippen molar-refractivity contribution in [2.45, 2.75) is 51.0 Å². The fraction of sp³-hybridized carbons (Fsp3) is 0.444. The molecule has 3 N–H and O–H groups in total. The quantitative estimate of drug-likeness (QED) is 0.412. The highest BCUT2D eigenvalue weighted by Crippen LogP contribution is 2.42. The van der Waals surface area contributed by atoms with Crippen molar-refractivity contribution in [1.82, 2.24) is 10.6 Å². The van der Waals surface area contributed by atoms with Gasteiger partial charge in [0.25, 0.3) is 5.91 Å². The van der Waals surface area contributed by atoms with Gasteiger partial charge in [0, 0.05) is 30.3 Å². The molecular weight excluding hydrogens is 500 g/mol. The minimum absolute atomic E-state index is 0.0244. The molecule has 0 saturated heterocycles. The van der Waals surface area contributed by atoms with Gasteiger partial charge in [-0.2, -0.15) is 0 Å². The van der Waals surface area contributed by atoms with E-state index in [-0.39, 0.29) is 11.4 Å². The van der Waals surface area contributed by atoms with Crippen molar-refractivity contribution in [3.63, 3.8) is 0 Å². The summed E-state index contributed by atoms with van der Waals surface area (Å²) < 4.78 is 1.11. The van der Waals surface area contributed by atoms with Gasteiger partial charge in [-0.15, -0.1) is 0 Å². The Balaban J connectivity index is 1.48. The minimum Gasteiger partial charge on any atom is -0.396 e. The van der Waals surface area contributed by atoms with Crippen molar-refractivity contribution in [3.8, 4) is 0 Å². The summed E-state index contributed by atoms with van der Waals surface area (Å²) in [5.74, 6) is 1.07. The molecule has 1 aliphatic heterocycles. The molecule has 0 aromatic heterocycles. The second-order valence-electron chi connectivity index (χ2n) is 9.62. The summed E-state index contributed by atoms with van der Waals surface area (Å²) in [7, 11) is 0. The summed E-state index contributed by atoms with van der Waals surface area (Å²) in [4.78, 5) is 13.4. The number of hydrogen-bond acceptors (Lipinski definition) is 3. The average molecular weight is 532 g/mol. The lowest BCUT2D eigenvalue weighted by Crippen LogP contribution is -2.40. The van der Waals surface area contributed by atoms with Crippen LogP contribution in [0.1, 0.15) is 51.0 Å². The number of carbonyl (C=O) groups is 1. The molecule has 0 spiro atoms. The third-order valence-corrected chi connectivity index (χ3v) is 7.90. The molecule has 3 aliphatic rings. The van der Waals surface area contributed by atoms with Crippen LogP contribution in [-0.2, 0) is 4.79 Å². The summed E-state index contributed by atoms with van der Waals surface area (Å²) >= 11 is 9.64. The zero-order valence-corrected chi connectivity index (χ0v) is 21.4. The van der Waals surface area contributed by atoms with Gasteiger partial charge in [-0.1, -0.05) is 70.7 Å². The number of amides is 1. The number of halogens is 2. The third-order valence-electron chi connectivity index (χ3n) is 7.10. The van der Waals surface area contributed by atoms with Crippen LogP contribution in [0.3, 0.4) is 0 Å². The number of fused-ring (bicyclic) bond motifs is 1. The van der Waals surface area contributed by atoms with Crippen LogP contribution in [0.2, 0.25) is 5.02 Å². The van der Waals surface area contributed by atoms with E-state index in [0.717, 1.165) is 65.4 Å². The summed E-state index contributed by atoms with van der Waals surface area (Å²) in [6, 6.07) is 7.66. The predicted molar refractivity (Wildman–Crippen MR) is 139 cm³/mol. The normalized spacial score (nSPS) is 27.2. The van der Waals surface area contributed by atoms with E-state index in [0.29, 0.717) is 30.0 Å². The molecule has 2 aliphatic carbocycles. The number of nitrogens with one attached hydrogen (secondary N) is 2. The Morgan fingerprint density at radius 2 is 1.88 bits per heavy atom. The number of rotatable bonds is 7. The van der Waals surface area contributed by atoms with Crippen molar-refractivity contribution in [3.05, 3.63) is 74.4 Å². The second-order valence-corrected chi connectivity index (χ2v) is 11.1. The Kier molecular flexibility index (Phi) is 7.83. The van der Waals surface area contributed by atoms with E-state index in [9.17, 15) is 9.90 Å². The monoisotopic (exact) mass is 530 g/mol. The number of aliphatic hydroxyl groups excluding tert-OH is 1. The maximum atomic E-state index is 13.4. The molecule has 33 heavy (non-hydrogen) atoms. The van der Waals surface area contributed by atoms with Gasteiger partial charge in [-0.3, -0.25) is 4.79 Å². The molecule has 1 aromatic rings. The minimum atomic E-state index is -0.317. The van der Waals surface area contributed by atoms with E-state index in [1.165, 1.54) is 0 Å². The Morgan fingerprint density at radius 1 is 1.18 bits per heavy atom. The van der Waals surface area contributed by atoms with Crippen molar-refractivity contribution in [2.24, 2.45) is 11.8 Å². The van der Waals surface area contributed by atoms with Gasteiger partial charge < -0.3 is 15.7 Å². The maximum Gasteiger partial charge on any atom is 0.253 e. The van der Waals surface area contributed by atoms with Crippen molar-refractivity contribution < 1.29 is 9.90 Å². The zero-order chi connectivity index (χ0) is 23.4. The van der Waals surface area contributed by atoms with Gasteiger partial charge in [-0.05, 0) is 71.8 Å². The fourth-order valence-electron chi connectivity index (χ4n) is 5.13. The molecule has 1 aromatic carbocycles. The van der Waals surface area contributed by atoms with E-state index >= 15 is 0 Å². The first kappa shape index (κ1) is 24.3. The number of hydrogen-bond donors (Lipinski definition) is 3. The van der Waals surface area contributed by atoms with E-state index in [2.05, 4.69) is 39.6 Å². The van der Waals surface area contributed by atoms with Crippen LogP contribution in [0.4, 0.5) is 0 Å². The van der Waals surface area contributed by atoms with Gasteiger partial charge in [0.2, 0.25) is 0 Å². The molecule has 4 nitrogen and oxygen atoms in total. The summed E-state index contributed by atoms with van der Waals surface area (Å²) in [5, 5.41) is 16.8. The molecule has 4 rings (SSSR count). The molecule has 0 radical (unpaired) electrons. The smallest absolute Gasteiger partial charge is 0.253 e. The highest BCUT2D eigenvalue weighted by atomic mass is 79.9. The number of benzene rings is 1. The SMILES string of the molecule is CC12CC(Br)=CC=C1C(C(=O)NCCC1CCC(CO)CC1)=C(/C=C/c1ccc(Cl)cc1)N2. The molecule has 1 unspecified atom stereocenters. The molecule has 1 saturated carbocycles. The van der Waals surface area contributed by atoms with Gasteiger partial charge in [0.05, 0.1) is 11.1 Å². The van der Waals surface area contributed by atoms with Crippen LogP contribution in [0.5, 0.6) is 0 Å². The highest BCUT2D eigenvalue weighted by Gasteiger charge is 2.42. The molecule has 1 fully saturated rings. The van der Waals surface area contributed by atoms with Gasteiger partial charge >= 0.3 is 0 Å². The van der Waals surface area contributed by atoms with E-state index in [1.54, 1.807) is 0 Å². The standard InChI is InChI=1S/C27H32BrClN2O2/c1-27-16-21(28)9-12-23(27)25(24(31-27)13-8-18-6-10-22(29)11-7-18)26(33)30-15-14-19-2-4-20(17-32)5-3-19/h6-13,19-20,31-32H,2-5,14-17H2,1H3,(H,30,33)/b13-8+. The average Bonchev–Trinajstić information content (AvgIpc) is 3.10. The van der Waals surface area contributed by atoms with Crippen molar-refractivity contribution in [2.75, 3.05) is 13.2 Å². The first-order chi connectivity index (χ1) is 15.9. The lowest BCUT2D eigenvalue weighted by atomic mass is 9.81. The van der Waals surface area contributed by atoms with E-state index in [4.69, 9.17) is 11.6 Å².